The Kier molecular flexibility index (Phi) is 10.6. The third-order valence-corrected chi connectivity index (χ3v) is 6.34. The largest absolute Gasteiger partial charge is 0.351 e. The number of nitrogens with zero attached hydrogens (tertiary/aromatic N) is 3. The molecule has 5 heteroatoms. The molecule has 0 fully saturated rings. The van der Waals surface area contributed by atoms with Crippen LogP contribution in [0, 0.1) is 11.3 Å². The van der Waals surface area contributed by atoms with Crippen LogP contribution in [-0.2, 0) is 13.0 Å². The van der Waals surface area contributed by atoms with Crippen molar-refractivity contribution in [3.8, 4) is 17.2 Å². The number of unbranched alkanes of at least 4 members (excludes halogenated alkanes) is 6. The number of aromatic nitrogens is 2. The van der Waals surface area contributed by atoms with Crippen molar-refractivity contribution in [2.45, 2.75) is 78.2 Å². The van der Waals surface area contributed by atoms with Gasteiger partial charge in [0.1, 0.15) is 5.69 Å². The van der Waals surface area contributed by atoms with Crippen LogP contribution in [0.4, 0.5) is 0 Å². The molecule has 0 saturated heterocycles. The fourth-order valence-electron chi connectivity index (χ4n) is 4.26. The van der Waals surface area contributed by atoms with Gasteiger partial charge >= 0.3 is 0 Å². The number of hydrogen-bond acceptors (Lipinski definition) is 3. The van der Waals surface area contributed by atoms with Crippen molar-refractivity contribution in [2.75, 3.05) is 6.54 Å². The van der Waals surface area contributed by atoms with Crippen LogP contribution in [0.15, 0.2) is 54.6 Å². The second-order valence-electron chi connectivity index (χ2n) is 9.16. The molecule has 0 aliphatic rings. The lowest BCUT2D eigenvalue weighted by atomic mass is 9.99. The van der Waals surface area contributed by atoms with E-state index in [1.165, 1.54) is 25.7 Å². The molecule has 1 amide bonds. The molecule has 5 nitrogen and oxygen atoms in total. The van der Waals surface area contributed by atoms with Crippen LogP contribution in [0.25, 0.3) is 11.1 Å². The first kappa shape index (κ1) is 26.2. The summed E-state index contributed by atoms with van der Waals surface area (Å²) in [5.41, 5.74) is 5.34. The molecule has 0 atom stereocenters. The average molecular weight is 471 g/mol. The van der Waals surface area contributed by atoms with E-state index in [9.17, 15) is 10.1 Å². The quantitative estimate of drug-likeness (QED) is 0.260. The molecule has 1 N–H and O–H groups in total. The van der Waals surface area contributed by atoms with Crippen molar-refractivity contribution < 1.29 is 4.79 Å². The van der Waals surface area contributed by atoms with E-state index >= 15 is 0 Å². The van der Waals surface area contributed by atoms with Gasteiger partial charge in [0.2, 0.25) is 0 Å². The Morgan fingerprint density at radius 2 is 1.66 bits per heavy atom. The molecule has 2 aromatic carbocycles. The highest BCUT2D eigenvalue weighted by Crippen LogP contribution is 2.24. The van der Waals surface area contributed by atoms with Gasteiger partial charge in [-0.05, 0) is 48.1 Å². The molecule has 0 aliphatic carbocycles. The summed E-state index contributed by atoms with van der Waals surface area (Å²) in [5.74, 6) is -0.0847. The molecule has 35 heavy (non-hydrogen) atoms. The van der Waals surface area contributed by atoms with E-state index in [0.29, 0.717) is 24.3 Å². The van der Waals surface area contributed by atoms with Crippen molar-refractivity contribution in [3.05, 3.63) is 77.1 Å². The summed E-state index contributed by atoms with van der Waals surface area (Å²) in [7, 11) is 0. The number of nitrogens with one attached hydrogen (secondary N) is 1. The van der Waals surface area contributed by atoms with Gasteiger partial charge < -0.3 is 5.32 Å². The van der Waals surface area contributed by atoms with Gasteiger partial charge in [-0.3, -0.25) is 9.48 Å². The van der Waals surface area contributed by atoms with E-state index in [2.05, 4.69) is 54.6 Å². The van der Waals surface area contributed by atoms with E-state index in [4.69, 9.17) is 0 Å². The summed E-state index contributed by atoms with van der Waals surface area (Å²) >= 11 is 0. The molecule has 0 unspecified atom stereocenters. The first-order valence-electron chi connectivity index (χ1n) is 13.1. The molecule has 3 rings (SSSR count). The second kappa shape index (κ2) is 14.1. The SMILES string of the molecule is CCCCCCCCNC(=O)c1cc(CCCC)n(Cc2ccc(-c3ccccc3C#N)cc2)n1. The lowest BCUT2D eigenvalue weighted by Crippen LogP contribution is -2.25. The van der Waals surface area contributed by atoms with Gasteiger partial charge in [0.05, 0.1) is 18.2 Å². The number of carbonyl (C=O) groups is 1. The summed E-state index contributed by atoms with van der Waals surface area (Å²) in [6.45, 7) is 5.71. The maximum atomic E-state index is 12.7. The molecule has 0 spiro atoms. The standard InChI is InChI=1S/C30H38N4O/c1-3-5-7-8-9-12-20-32-30(35)29-21-27(14-6-4-2)34(33-29)23-24-16-18-25(19-17-24)28-15-11-10-13-26(28)22-31/h10-11,13,15-19,21H,3-9,12,14,20,23H2,1-2H3,(H,32,35). The molecule has 1 heterocycles. The minimum absolute atomic E-state index is 0.0847. The van der Waals surface area contributed by atoms with Crippen molar-refractivity contribution in [1.29, 1.82) is 5.26 Å². The van der Waals surface area contributed by atoms with Crippen LogP contribution < -0.4 is 5.32 Å². The first-order valence-corrected chi connectivity index (χ1v) is 13.1. The zero-order chi connectivity index (χ0) is 24.9. The molecule has 0 radical (unpaired) electrons. The number of aryl methyl sites for hydroxylation is 1. The predicted octanol–water partition coefficient (Wildman–Crippen LogP) is 6.90. The Morgan fingerprint density at radius 3 is 2.40 bits per heavy atom. The lowest BCUT2D eigenvalue weighted by Gasteiger charge is -2.09. The predicted molar refractivity (Wildman–Crippen MR) is 142 cm³/mol. The van der Waals surface area contributed by atoms with Crippen molar-refractivity contribution in [1.82, 2.24) is 15.1 Å². The molecule has 1 aromatic heterocycles. The summed E-state index contributed by atoms with van der Waals surface area (Å²) < 4.78 is 1.97. The Hall–Kier alpha value is -3.39. The average Bonchev–Trinajstić information content (AvgIpc) is 3.29. The van der Waals surface area contributed by atoms with Crippen LogP contribution in [0.3, 0.4) is 0 Å². The molecule has 3 aromatic rings. The van der Waals surface area contributed by atoms with Crippen molar-refractivity contribution in [2.24, 2.45) is 0 Å². The van der Waals surface area contributed by atoms with Crippen molar-refractivity contribution in [3.63, 3.8) is 0 Å². The van der Waals surface area contributed by atoms with Crippen LogP contribution in [0.2, 0.25) is 0 Å². The maximum Gasteiger partial charge on any atom is 0.271 e. The van der Waals surface area contributed by atoms with E-state index in [0.717, 1.165) is 54.5 Å². The number of carbonyl (C=O) groups excluding carboxylic acids is 1. The highest BCUT2D eigenvalue weighted by atomic mass is 16.1. The molecule has 0 aliphatic heterocycles. The number of amides is 1. The Morgan fingerprint density at radius 1 is 0.943 bits per heavy atom. The Labute approximate surface area is 210 Å². The first-order chi connectivity index (χ1) is 17.2. The number of hydrogen-bond donors (Lipinski definition) is 1. The van der Waals surface area contributed by atoms with Gasteiger partial charge in [0.15, 0.2) is 0 Å². The van der Waals surface area contributed by atoms with Gasteiger partial charge in [-0.1, -0.05) is 94.8 Å². The van der Waals surface area contributed by atoms with Gasteiger partial charge in [0.25, 0.3) is 5.91 Å². The van der Waals surface area contributed by atoms with Crippen LogP contribution in [-0.4, -0.2) is 22.2 Å². The highest BCUT2D eigenvalue weighted by molar-refractivity contribution is 5.92. The summed E-state index contributed by atoms with van der Waals surface area (Å²) in [6.07, 6.45) is 10.3. The summed E-state index contributed by atoms with van der Waals surface area (Å²) in [6, 6.07) is 20.1. The number of nitriles is 1. The summed E-state index contributed by atoms with van der Waals surface area (Å²) in [5, 5.41) is 17.1. The van der Waals surface area contributed by atoms with Crippen molar-refractivity contribution >= 4 is 5.91 Å². The van der Waals surface area contributed by atoms with Crippen LogP contribution in [0.1, 0.15) is 92.5 Å². The van der Waals surface area contributed by atoms with E-state index in [-0.39, 0.29) is 5.91 Å². The Balaban J connectivity index is 1.65. The normalized spacial score (nSPS) is 10.8. The third kappa shape index (κ3) is 7.82. The van der Waals surface area contributed by atoms with Gasteiger partial charge in [-0.25, -0.2) is 0 Å². The topological polar surface area (TPSA) is 70.7 Å². The minimum atomic E-state index is -0.0847. The molecular weight excluding hydrogens is 432 g/mol. The van der Waals surface area contributed by atoms with Gasteiger partial charge in [0, 0.05) is 12.2 Å². The monoisotopic (exact) mass is 470 g/mol. The highest BCUT2D eigenvalue weighted by Gasteiger charge is 2.14. The van der Waals surface area contributed by atoms with Gasteiger partial charge in [-0.2, -0.15) is 10.4 Å². The maximum absolute atomic E-state index is 12.7. The molecule has 184 valence electrons. The Bertz CT molecular complexity index is 1110. The second-order valence-corrected chi connectivity index (χ2v) is 9.16. The zero-order valence-electron chi connectivity index (χ0n) is 21.2. The smallest absolute Gasteiger partial charge is 0.271 e. The fraction of sp³-hybridized carbons (Fsp3) is 0.433. The molecular formula is C30H38N4O. The van der Waals surface area contributed by atoms with E-state index in [1.54, 1.807) is 0 Å². The third-order valence-electron chi connectivity index (χ3n) is 6.34. The van der Waals surface area contributed by atoms with Crippen LogP contribution >= 0.6 is 0 Å². The molecule has 0 bridgehead atoms. The number of benzene rings is 2. The summed E-state index contributed by atoms with van der Waals surface area (Å²) in [4.78, 5) is 12.7. The van der Waals surface area contributed by atoms with Gasteiger partial charge in [-0.15, -0.1) is 0 Å². The van der Waals surface area contributed by atoms with E-state index in [1.807, 2.05) is 35.0 Å². The number of rotatable bonds is 14. The van der Waals surface area contributed by atoms with E-state index < -0.39 is 0 Å². The lowest BCUT2D eigenvalue weighted by molar-refractivity contribution is 0.0947. The minimum Gasteiger partial charge on any atom is -0.351 e. The zero-order valence-corrected chi connectivity index (χ0v) is 21.2. The van der Waals surface area contributed by atoms with Crippen LogP contribution in [0.5, 0.6) is 0 Å². The fourth-order valence-corrected chi connectivity index (χ4v) is 4.26. The molecule has 0 saturated carbocycles.